The van der Waals surface area contributed by atoms with E-state index in [4.69, 9.17) is 22.7 Å². The second-order valence-corrected chi connectivity index (χ2v) is 3.67. The van der Waals surface area contributed by atoms with Crippen LogP contribution < -0.4 is 0 Å². The lowest BCUT2D eigenvalue weighted by atomic mass is 9.96. The molecule has 0 atom stereocenters. The van der Waals surface area contributed by atoms with E-state index in [1.54, 1.807) is 0 Å². The zero-order valence-corrected chi connectivity index (χ0v) is 9.73. The van der Waals surface area contributed by atoms with E-state index in [2.05, 4.69) is 11.8 Å². The molecule has 1 N–H and O–H groups in total. The van der Waals surface area contributed by atoms with Gasteiger partial charge < -0.3 is 9.84 Å². The molecular weight excluding hydrogens is 212 g/mol. The molecular formula is C15H16O2. The third kappa shape index (κ3) is 3.96. The van der Waals surface area contributed by atoms with Crippen molar-refractivity contribution in [1.82, 2.24) is 0 Å². The first kappa shape index (κ1) is 13.3. The van der Waals surface area contributed by atoms with Crippen LogP contribution in [-0.2, 0) is 11.2 Å². The Morgan fingerprint density at radius 3 is 2.35 bits per heavy atom. The minimum absolute atomic E-state index is 0.0869. The van der Waals surface area contributed by atoms with Gasteiger partial charge in [-0.2, -0.15) is 0 Å². The molecule has 0 unspecified atom stereocenters. The van der Waals surface area contributed by atoms with Gasteiger partial charge in [0.25, 0.3) is 0 Å². The average molecular weight is 228 g/mol. The van der Waals surface area contributed by atoms with Gasteiger partial charge in [0.2, 0.25) is 0 Å². The predicted molar refractivity (Wildman–Crippen MR) is 68.2 cm³/mol. The smallest absolute Gasteiger partial charge is 0.189 e. The van der Waals surface area contributed by atoms with Crippen LogP contribution in [0.2, 0.25) is 0 Å². The fourth-order valence-corrected chi connectivity index (χ4v) is 1.53. The fourth-order valence-electron chi connectivity index (χ4n) is 1.53. The number of hydrogen-bond acceptors (Lipinski definition) is 2. The summed E-state index contributed by atoms with van der Waals surface area (Å²) in [6.45, 7) is 0.0691. The molecule has 88 valence electrons. The Hall–Kier alpha value is -1.74. The van der Waals surface area contributed by atoms with Crippen LogP contribution in [0.5, 0.6) is 0 Å². The second kappa shape index (κ2) is 6.76. The van der Waals surface area contributed by atoms with E-state index in [-0.39, 0.29) is 13.2 Å². The molecule has 0 aliphatic heterocycles. The number of aliphatic hydroxyl groups excluding tert-OH is 1. The molecule has 0 aliphatic rings. The third-order valence-electron chi connectivity index (χ3n) is 2.51. The fraction of sp³-hybridized carbons (Fsp3) is 0.333. The maximum Gasteiger partial charge on any atom is 0.189 e. The van der Waals surface area contributed by atoms with Crippen molar-refractivity contribution in [1.29, 1.82) is 0 Å². The highest BCUT2D eigenvalue weighted by molar-refractivity contribution is 5.27. The summed E-state index contributed by atoms with van der Waals surface area (Å²) in [5, 5.41) is 8.74. The third-order valence-corrected chi connectivity index (χ3v) is 2.51. The van der Waals surface area contributed by atoms with Crippen molar-refractivity contribution in [3.05, 3.63) is 35.9 Å². The molecule has 0 heterocycles. The molecule has 1 rings (SSSR count). The van der Waals surface area contributed by atoms with E-state index in [0.717, 1.165) is 12.0 Å². The van der Waals surface area contributed by atoms with Gasteiger partial charge in [-0.1, -0.05) is 42.2 Å². The molecule has 0 radical (unpaired) electrons. The van der Waals surface area contributed by atoms with Gasteiger partial charge in [-0.15, -0.1) is 12.8 Å². The minimum atomic E-state index is -1.02. The Morgan fingerprint density at radius 2 is 1.82 bits per heavy atom. The van der Waals surface area contributed by atoms with Crippen molar-refractivity contribution in [2.75, 3.05) is 13.2 Å². The molecule has 0 saturated heterocycles. The maximum atomic E-state index is 8.74. The van der Waals surface area contributed by atoms with Crippen molar-refractivity contribution < 1.29 is 9.84 Å². The lowest BCUT2D eigenvalue weighted by Gasteiger charge is -2.22. The number of benzene rings is 1. The number of aliphatic hydroxyl groups is 1. The van der Waals surface area contributed by atoms with Crippen LogP contribution in [0.3, 0.4) is 0 Å². The second-order valence-electron chi connectivity index (χ2n) is 3.67. The summed E-state index contributed by atoms with van der Waals surface area (Å²) >= 11 is 0. The Morgan fingerprint density at radius 1 is 1.18 bits per heavy atom. The van der Waals surface area contributed by atoms with Crippen molar-refractivity contribution in [3.8, 4) is 24.7 Å². The van der Waals surface area contributed by atoms with Crippen molar-refractivity contribution >= 4 is 0 Å². The normalized spacial score (nSPS) is 10.5. The predicted octanol–water partition coefficient (Wildman–Crippen LogP) is 1.63. The standard InChI is InChI=1S/C15H16O2/c1-3-15(4-2,17-13-12-16)11-10-14-8-6-5-7-9-14/h1-2,5-9,16H,10-13H2. The quantitative estimate of drug-likeness (QED) is 0.750. The number of rotatable bonds is 6. The average Bonchev–Trinajstić information content (AvgIpc) is 2.41. The lowest BCUT2D eigenvalue weighted by Crippen LogP contribution is -2.30. The Kier molecular flexibility index (Phi) is 5.30. The highest BCUT2D eigenvalue weighted by Crippen LogP contribution is 2.17. The first-order chi connectivity index (χ1) is 8.26. The zero-order chi connectivity index (χ0) is 12.6. The summed E-state index contributed by atoms with van der Waals surface area (Å²) in [6.07, 6.45) is 12.1. The topological polar surface area (TPSA) is 29.5 Å². The minimum Gasteiger partial charge on any atom is -0.394 e. The summed E-state index contributed by atoms with van der Waals surface area (Å²) < 4.78 is 5.38. The lowest BCUT2D eigenvalue weighted by molar-refractivity contribution is 0.0142. The highest BCUT2D eigenvalue weighted by atomic mass is 16.5. The van der Waals surface area contributed by atoms with E-state index >= 15 is 0 Å². The van der Waals surface area contributed by atoms with Gasteiger partial charge in [0.1, 0.15) is 0 Å². The Labute approximate surface area is 103 Å². The molecule has 0 aliphatic carbocycles. The van der Waals surface area contributed by atoms with Crippen LogP contribution in [-0.4, -0.2) is 23.9 Å². The summed E-state index contributed by atoms with van der Waals surface area (Å²) in [5.74, 6) is 5.00. The van der Waals surface area contributed by atoms with Gasteiger partial charge in [-0.05, 0) is 12.0 Å². The molecule has 1 aromatic rings. The molecule has 0 fully saturated rings. The number of hydrogen-bond donors (Lipinski definition) is 1. The van der Waals surface area contributed by atoms with E-state index in [1.807, 2.05) is 30.3 Å². The van der Waals surface area contributed by atoms with Crippen LogP contribution >= 0.6 is 0 Å². The van der Waals surface area contributed by atoms with Crippen LogP contribution in [0.1, 0.15) is 12.0 Å². The van der Waals surface area contributed by atoms with Crippen molar-refractivity contribution in [3.63, 3.8) is 0 Å². The van der Waals surface area contributed by atoms with Crippen LogP contribution in [0.4, 0.5) is 0 Å². The van der Waals surface area contributed by atoms with Gasteiger partial charge in [-0.3, -0.25) is 0 Å². The van der Waals surface area contributed by atoms with Crippen molar-refractivity contribution in [2.24, 2.45) is 0 Å². The molecule has 0 aromatic heterocycles. The summed E-state index contributed by atoms with van der Waals surface area (Å²) in [5.41, 5.74) is 0.147. The van der Waals surface area contributed by atoms with Gasteiger partial charge in [0, 0.05) is 6.42 Å². The van der Waals surface area contributed by atoms with E-state index in [9.17, 15) is 0 Å². The summed E-state index contributed by atoms with van der Waals surface area (Å²) in [4.78, 5) is 0. The largest absolute Gasteiger partial charge is 0.394 e. The van der Waals surface area contributed by atoms with E-state index < -0.39 is 5.60 Å². The molecule has 0 amide bonds. The number of aryl methyl sites for hydroxylation is 1. The van der Waals surface area contributed by atoms with Gasteiger partial charge in [-0.25, -0.2) is 0 Å². The zero-order valence-electron chi connectivity index (χ0n) is 9.73. The van der Waals surface area contributed by atoms with Gasteiger partial charge in [0.05, 0.1) is 13.2 Å². The maximum absolute atomic E-state index is 8.74. The Balaban J connectivity index is 2.63. The molecule has 0 bridgehead atoms. The van der Waals surface area contributed by atoms with Crippen molar-refractivity contribution in [2.45, 2.75) is 18.4 Å². The molecule has 2 heteroatoms. The molecule has 17 heavy (non-hydrogen) atoms. The first-order valence-corrected chi connectivity index (χ1v) is 5.50. The summed E-state index contributed by atoms with van der Waals surface area (Å²) in [7, 11) is 0. The number of ether oxygens (including phenoxy) is 1. The monoisotopic (exact) mass is 228 g/mol. The highest BCUT2D eigenvalue weighted by Gasteiger charge is 2.25. The van der Waals surface area contributed by atoms with E-state index in [0.29, 0.717) is 6.42 Å². The van der Waals surface area contributed by atoms with Crippen LogP contribution in [0.15, 0.2) is 30.3 Å². The molecule has 0 saturated carbocycles. The number of terminal acetylenes is 2. The van der Waals surface area contributed by atoms with E-state index in [1.165, 1.54) is 0 Å². The summed E-state index contributed by atoms with van der Waals surface area (Å²) in [6, 6.07) is 9.93. The van der Waals surface area contributed by atoms with Crippen LogP contribution in [0, 0.1) is 24.7 Å². The van der Waals surface area contributed by atoms with Gasteiger partial charge >= 0.3 is 0 Å². The molecule has 2 nitrogen and oxygen atoms in total. The molecule has 0 spiro atoms. The SMILES string of the molecule is C#CC(C#C)(CCc1ccccc1)OCCO. The van der Waals surface area contributed by atoms with Gasteiger partial charge in [0.15, 0.2) is 5.60 Å². The first-order valence-electron chi connectivity index (χ1n) is 5.50. The van der Waals surface area contributed by atoms with Crippen LogP contribution in [0.25, 0.3) is 0 Å². The molecule has 1 aromatic carbocycles. The Bertz CT molecular complexity index is 395.